The number of rotatable bonds is 4. The van der Waals surface area contributed by atoms with Gasteiger partial charge in [0.05, 0.1) is 5.75 Å². The fourth-order valence-corrected chi connectivity index (χ4v) is 1.93. The third-order valence-electron chi connectivity index (χ3n) is 1.77. The molecular weight excluding hydrogens is 190 g/mol. The lowest BCUT2D eigenvalue weighted by Crippen LogP contribution is -2.04. The van der Waals surface area contributed by atoms with Gasteiger partial charge >= 0.3 is 0 Å². The van der Waals surface area contributed by atoms with E-state index in [1.807, 2.05) is 14.0 Å². The molecule has 0 fully saturated rings. The Morgan fingerprint density at radius 1 is 1.43 bits per heavy atom. The summed E-state index contributed by atoms with van der Waals surface area (Å²) in [5.74, 6) is 6.81. The molecule has 2 heteroatoms. The van der Waals surface area contributed by atoms with Gasteiger partial charge in [-0.15, -0.1) is 17.7 Å². The van der Waals surface area contributed by atoms with Crippen LogP contribution in [0.2, 0.25) is 0 Å². The lowest BCUT2D eigenvalue weighted by Gasteiger charge is -2.02. The molecule has 0 bridgehead atoms. The van der Waals surface area contributed by atoms with Gasteiger partial charge in [0.15, 0.2) is 0 Å². The lowest BCUT2D eigenvalue weighted by molar-refractivity contribution is 0.815. The molecule has 0 saturated heterocycles. The highest BCUT2D eigenvalue weighted by Crippen LogP contribution is 2.18. The predicted octanol–water partition coefficient (Wildman–Crippen LogP) is 2.52. The average molecular weight is 205 g/mol. The van der Waals surface area contributed by atoms with E-state index in [0.717, 1.165) is 12.3 Å². The first-order valence-electron chi connectivity index (χ1n) is 4.62. The summed E-state index contributed by atoms with van der Waals surface area (Å²) >= 11 is 1.78. The zero-order chi connectivity index (χ0) is 10.2. The van der Waals surface area contributed by atoms with Gasteiger partial charge in [-0.05, 0) is 31.7 Å². The number of benzene rings is 1. The molecule has 1 rings (SSSR count). The van der Waals surface area contributed by atoms with Crippen molar-refractivity contribution in [2.75, 3.05) is 12.8 Å². The topological polar surface area (TPSA) is 12.0 Å². The van der Waals surface area contributed by atoms with Gasteiger partial charge in [-0.3, -0.25) is 0 Å². The first-order chi connectivity index (χ1) is 6.86. The summed E-state index contributed by atoms with van der Waals surface area (Å²) in [7, 11) is 1.96. The van der Waals surface area contributed by atoms with E-state index in [1.165, 1.54) is 10.5 Å². The van der Waals surface area contributed by atoms with E-state index in [2.05, 4.69) is 41.4 Å². The first kappa shape index (κ1) is 11.2. The maximum absolute atomic E-state index is 3.14. The molecule has 1 aromatic carbocycles. The molecule has 0 aliphatic rings. The third-order valence-corrected chi connectivity index (χ3v) is 2.64. The molecule has 0 spiro atoms. The Morgan fingerprint density at radius 3 is 3.00 bits per heavy atom. The number of hydrogen-bond donors (Lipinski definition) is 1. The van der Waals surface area contributed by atoms with Gasteiger partial charge in [-0.1, -0.05) is 18.1 Å². The lowest BCUT2D eigenvalue weighted by atomic mass is 10.2. The van der Waals surface area contributed by atoms with Crippen LogP contribution in [0.4, 0.5) is 0 Å². The van der Waals surface area contributed by atoms with Crippen LogP contribution in [0.5, 0.6) is 0 Å². The van der Waals surface area contributed by atoms with Gasteiger partial charge in [0, 0.05) is 11.4 Å². The molecule has 0 atom stereocenters. The van der Waals surface area contributed by atoms with Gasteiger partial charge in [0.25, 0.3) is 0 Å². The zero-order valence-corrected chi connectivity index (χ0v) is 9.45. The molecule has 0 unspecified atom stereocenters. The molecule has 0 amide bonds. The van der Waals surface area contributed by atoms with E-state index in [9.17, 15) is 0 Å². The molecule has 0 saturated carbocycles. The maximum atomic E-state index is 3.14. The minimum atomic E-state index is 0.875. The molecule has 1 nitrogen and oxygen atoms in total. The van der Waals surface area contributed by atoms with Gasteiger partial charge < -0.3 is 5.32 Å². The Balaban J connectivity index is 2.57. The molecule has 1 aromatic rings. The van der Waals surface area contributed by atoms with Gasteiger partial charge in [0.2, 0.25) is 0 Å². The summed E-state index contributed by atoms with van der Waals surface area (Å²) in [5.41, 5.74) is 1.32. The monoisotopic (exact) mass is 205 g/mol. The molecule has 0 radical (unpaired) electrons. The minimum Gasteiger partial charge on any atom is -0.316 e. The van der Waals surface area contributed by atoms with Gasteiger partial charge in [-0.2, -0.15) is 0 Å². The molecule has 0 aliphatic carbocycles. The van der Waals surface area contributed by atoms with Crippen molar-refractivity contribution in [2.24, 2.45) is 0 Å². The van der Waals surface area contributed by atoms with E-state index in [4.69, 9.17) is 0 Å². The largest absolute Gasteiger partial charge is 0.316 e. The van der Waals surface area contributed by atoms with Gasteiger partial charge in [0.1, 0.15) is 0 Å². The van der Waals surface area contributed by atoms with Crippen LogP contribution in [0.25, 0.3) is 0 Å². The number of hydrogen-bond acceptors (Lipinski definition) is 2. The van der Waals surface area contributed by atoms with Crippen LogP contribution in [-0.4, -0.2) is 12.8 Å². The van der Waals surface area contributed by atoms with E-state index in [1.54, 1.807) is 11.8 Å². The van der Waals surface area contributed by atoms with E-state index in [0.29, 0.717) is 0 Å². The Hall–Kier alpha value is -0.910. The maximum Gasteiger partial charge on any atom is 0.0594 e. The fourth-order valence-electron chi connectivity index (χ4n) is 1.14. The van der Waals surface area contributed by atoms with E-state index < -0.39 is 0 Å². The van der Waals surface area contributed by atoms with Gasteiger partial charge in [-0.25, -0.2) is 0 Å². The second-order valence-corrected chi connectivity index (χ2v) is 3.94. The SMILES string of the molecule is CC#CCSc1cccc(CNC)c1. The van der Waals surface area contributed by atoms with Crippen molar-refractivity contribution in [1.82, 2.24) is 5.32 Å². The first-order valence-corrected chi connectivity index (χ1v) is 5.61. The Kier molecular flexibility index (Phi) is 5.21. The Morgan fingerprint density at radius 2 is 2.29 bits per heavy atom. The van der Waals surface area contributed by atoms with Crippen LogP contribution < -0.4 is 5.32 Å². The highest BCUT2D eigenvalue weighted by atomic mass is 32.2. The van der Waals surface area contributed by atoms with Crippen molar-refractivity contribution in [3.05, 3.63) is 29.8 Å². The van der Waals surface area contributed by atoms with Crippen molar-refractivity contribution in [2.45, 2.75) is 18.4 Å². The summed E-state index contributed by atoms with van der Waals surface area (Å²) in [5, 5.41) is 3.14. The van der Waals surface area contributed by atoms with Crippen molar-refractivity contribution in [1.29, 1.82) is 0 Å². The highest BCUT2D eigenvalue weighted by Gasteiger charge is 1.94. The second kappa shape index (κ2) is 6.53. The van der Waals surface area contributed by atoms with Crippen molar-refractivity contribution in [3.8, 4) is 11.8 Å². The van der Waals surface area contributed by atoms with Crippen molar-refractivity contribution in [3.63, 3.8) is 0 Å². The van der Waals surface area contributed by atoms with Crippen molar-refractivity contribution >= 4 is 11.8 Å². The Labute approximate surface area is 90.3 Å². The van der Waals surface area contributed by atoms with Crippen LogP contribution in [0.1, 0.15) is 12.5 Å². The summed E-state index contributed by atoms with van der Waals surface area (Å²) in [6, 6.07) is 8.56. The summed E-state index contributed by atoms with van der Waals surface area (Å²) in [4.78, 5) is 1.29. The fraction of sp³-hybridized carbons (Fsp3) is 0.333. The zero-order valence-electron chi connectivity index (χ0n) is 8.63. The summed E-state index contributed by atoms with van der Waals surface area (Å²) in [6.45, 7) is 2.80. The predicted molar refractivity (Wildman–Crippen MR) is 63.4 cm³/mol. The molecule has 1 N–H and O–H groups in total. The third kappa shape index (κ3) is 3.87. The van der Waals surface area contributed by atoms with E-state index in [-0.39, 0.29) is 0 Å². The van der Waals surface area contributed by atoms with E-state index >= 15 is 0 Å². The minimum absolute atomic E-state index is 0.875. The standard InChI is InChI=1S/C12H15NS/c1-3-4-8-14-12-7-5-6-11(9-12)10-13-2/h5-7,9,13H,8,10H2,1-2H3. The Bertz CT molecular complexity index is 336. The molecule has 14 heavy (non-hydrogen) atoms. The second-order valence-electron chi connectivity index (χ2n) is 2.89. The van der Waals surface area contributed by atoms with Crippen LogP contribution in [0, 0.1) is 11.8 Å². The summed E-state index contributed by atoms with van der Waals surface area (Å²) in [6.07, 6.45) is 0. The molecule has 0 aromatic heterocycles. The van der Waals surface area contributed by atoms with Crippen molar-refractivity contribution < 1.29 is 0 Å². The number of thioether (sulfide) groups is 1. The average Bonchev–Trinajstić information content (AvgIpc) is 2.19. The number of nitrogens with one attached hydrogen (secondary N) is 1. The van der Waals surface area contributed by atoms with Crippen LogP contribution >= 0.6 is 11.8 Å². The molecule has 74 valence electrons. The van der Waals surface area contributed by atoms with Crippen LogP contribution in [-0.2, 0) is 6.54 Å². The smallest absolute Gasteiger partial charge is 0.0594 e. The normalized spacial score (nSPS) is 9.29. The quantitative estimate of drug-likeness (QED) is 0.599. The summed E-state index contributed by atoms with van der Waals surface area (Å²) < 4.78 is 0. The molecule has 0 aliphatic heterocycles. The highest BCUT2D eigenvalue weighted by molar-refractivity contribution is 7.99. The molecule has 0 heterocycles. The molecular formula is C12H15NS. The van der Waals surface area contributed by atoms with Crippen LogP contribution in [0.15, 0.2) is 29.2 Å². The van der Waals surface area contributed by atoms with Crippen LogP contribution in [0.3, 0.4) is 0 Å².